The van der Waals surface area contributed by atoms with E-state index in [0.29, 0.717) is 0 Å². The van der Waals surface area contributed by atoms with Crippen molar-refractivity contribution in [3.8, 4) is 0 Å². The third-order valence-corrected chi connectivity index (χ3v) is 1.22. The summed E-state index contributed by atoms with van der Waals surface area (Å²) in [6.07, 6.45) is 0. The van der Waals surface area contributed by atoms with Crippen molar-refractivity contribution in [1.29, 1.82) is 0 Å². The number of thiol groups is 1. The Labute approximate surface area is 90.3 Å². The van der Waals surface area contributed by atoms with E-state index in [4.69, 9.17) is 5.11 Å². The maximum atomic E-state index is 10.3. The number of amides is 1. The summed E-state index contributed by atoms with van der Waals surface area (Å²) in [5.41, 5.74) is 0. The van der Waals surface area contributed by atoms with Gasteiger partial charge in [-0.1, -0.05) is 0 Å². The molecule has 0 aliphatic heterocycles. The van der Waals surface area contributed by atoms with Gasteiger partial charge in [0.1, 0.15) is 6.04 Å². The van der Waals surface area contributed by atoms with E-state index in [1.807, 2.05) is 0 Å². The zero-order valence-electron chi connectivity index (χ0n) is 6.20. The van der Waals surface area contributed by atoms with E-state index >= 15 is 0 Å². The average Bonchev–Trinajstić information content (AvgIpc) is 1.81. The van der Waals surface area contributed by atoms with Crippen molar-refractivity contribution >= 4 is 51.8 Å². The summed E-state index contributed by atoms with van der Waals surface area (Å²) in [6.45, 7) is 1.26. The molecule has 4 nitrogen and oxygen atoms in total. The molecule has 2 radical (unpaired) electrons. The molecule has 0 saturated heterocycles. The molecule has 11 heavy (non-hydrogen) atoms. The van der Waals surface area contributed by atoms with Gasteiger partial charge in [-0.3, -0.25) is 4.79 Å². The van der Waals surface area contributed by atoms with Crippen molar-refractivity contribution < 1.29 is 14.7 Å². The second-order valence-electron chi connectivity index (χ2n) is 1.77. The summed E-state index contributed by atoms with van der Waals surface area (Å²) < 4.78 is 0. The maximum absolute atomic E-state index is 10.3. The van der Waals surface area contributed by atoms with E-state index in [0.717, 1.165) is 0 Å². The summed E-state index contributed by atoms with van der Waals surface area (Å²) in [7, 11) is 0. The Hall–Kier alpha value is 0.212. The van der Waals surface area contributed by atoms with Gasteiger partial charge in [0.15, 0.2) is 0 Å². The van der Waals surface area contributed by atoms with Crippen molar-refractivity contribution in [2.24, 2.45) is 0 Å². The second kappa shape index (κ2) is 6.89. The van der Waals surface area contributed by atoms with Gasteiger partial charge in [-0.05, 0) is 0 Å². The van der Waals surface area contributed by atoms with Crippen LogP contribution in [0.5, 0.6) is 0 Å². The molecule has 1 unspecified atom stereocenters. The third-order valence-electron chi connectivity index (χ3n) is 0.858. The van der Waals surface area contributed by atoms with Crippen LogP contribution in [0.4, 0.5) is 0 Å². The number of carboxylic acid groups (broad SMARTS) is 1. The number of aliphatic carboxylic acids is 1. The first kappa shape index (κ1) is 13.8. The van der Waals surface area contributed by atoms with Crippen LogP contribution >= 0.6 is 12.6 Å². The number of carbonyl (C=O) groups is 2. The Bertz CT molecular complexity index is 153. The average molecular weight is 372 g/mol. The van der Waals surface area contributed by atoms with Gasteiger partial charge < -0.3 is 10.4 Å². The molecular weight excluding hydrogens is 361 g/mol. The van der Waals surface area contributed by atoms with Gasteiger partial charge in [0.25, 0.3) is 0 Å². The summed E-state index contributed by atoms with van der Waals surface area (Å²) in [6, 6.07) is -0.874. The van der Waals surface area contributed by atoms with E-state index in [9.17, 15) is 9.59 Å². The van der Waals surface area contributed by atoms with Crippen molar-refractivity contribution in [3.05, 3.63) is 0 Å². The molecule has 0 aliphatic carbocycles. The van der Waals surface area contributed by atoms with Crippen LogP contribution in [-0.2, 0) is 9.59 Å². The van der Waals surface area contributed by atoms with Gasteiger partial charge in [-0.15, -0.1) is 0 Å². The van der Waals surface area contributed by atoms with E-state index in [1.54, 1.807) is 0 Å². The van der Waals surface area contributed by atoms with Crippen LogP contribution in [0.3, 0.4) is 0 Å². The zero-order valence-corrected chi connectivity index (χ0v) is 12.6. The van der Waals surface area contributed by atoms with Crippen LogP contribution < -0.4 is 5.32 Å². The number of hydrogen-bond acceptors (Lipinski definition) is 3. The van der Waals surface area contributed by atoms with Crippen molar-refractivity contribution in [2.45, 2.75) is 13.0 Å². The Morgan fingerprint density at radius 1 is 1.64 bits per heavy atom. The van der Waals surface area contributed by atoms with Crippen LogP contribution in [0.15, 0.2) is 0 Å². The van der Waals surface area contributed by atoms with E-state index in [2.05, 4.69) is 17.9 Å². The Morgan fingerprint density at radius 2 is 2.09 bits per heavy atom. The molecule has 0 aromatic heterocycles. The van der Waals surface area contributed by atoms with E-state index < -0.39 is 12.0 Å². The fraction of sp³-hybridized carbons (Fsp3) is 0.600. The molecule has 64 valence electrons. The fourth-order valence-electron chi connectivity index (χ4n) is 0.431. The molecule has 2 N–H and O–H groups in total. The van der Waals surface area contributed by atoms with Gasteiger partial charge in [-0.25, -0.2) is 4.79 Å². The number of carbonyl (C=O) groups excluding carboxylic acids is 1. The molecule has 1 amide bonds. The minimum atomic E-state index is -1.06. The second-order valence-corrected chi connectivity index (χ2v) is 2.14. The molecule has 0 bridgehead atoms. The first-order chi connectivity index (χ1) is 4.57. The molecule has 0 aromatic rings. The summed E-state index contributed by atoms with van der Waals surface area (Å²) >= 11 is 3.73. The van der Waals surface area contributed by atoms with Crippen LogP contribution in [0.25, 0.3) is 0 Å². The molecule has 1 atom stereocenters. The Kier molecular flexibility index (Phi) is 8.64. The topological polar surface area (TPSA) is 66.4 Å². The molecular formula is C5H11NO3PbS. The number of carboxylic acids is 1. The molecule has 0 saturated carbocycles. The fourth-order valence-corrected chi connectivity index (χ4v) is 0.678. The summed E-state index contributed by atoms with van der Waals surface area (Å²) in [4.78, 5) is 20.5. The molecule has 0 spiro atoms. The number of rotatable bonds is 3. The molecule has 0 aromatic carbocycles. The SMILES string of the molecule is CC(=O)NC(CS)C(=O)O.[PbH2]. The minimum absolute atomic E-state index is 0. The molecule has 0 aliphatic rings. The summed E-state index contributed by atoms with van der Waals surface area (Å²) in [5, 5.41) is 10.6. The van der Waals surface area contributed by atoms with Crippen LogP contribution in [0.2, 0.25) is 0 Å². The van der Waals surface area contributed by atoms with Crippen molar-refractivity contribution in [3.63, 3.8) is 0 Å². The van der Waals surface area contributed by atoms with Crippen LogP contribution in [0.1, 0.15) is 6.92 Å². The van der Waals surface area contributed by atoms with Gasteiger partial charge in [0, 0.05) is 12.7 Å². The Morgan fingerprint density at radius 3 is 2.18 bits per heavy atom. The number of nitrogens with one attached hydrogen (secondary N) is 1. The van der Waals surface area contributed by atoms with E-state index in [1.165, 1.54) is 6.92 Å². The van der Waals surface area contributed by atoms with Gasteiger partial charge in [0.05, 0.1) is 0 Å². The third kappa shape index (κ3) is 6.60. The standard InChI is InChI=1S/C5H9NO3S.Pb.2H/c1-3(7)6-4(2-10)5(8)9;;;/h4,10H,2H2,1H3,(H,6,7)(H,8,9);;;. The predicted octanol–water partition coefficient (Wildman–Crippen LogP) is -1.41. The quantitative estimate of drug-likeness (QED) is 0.421. The molecule has 6 heteroatoms. The molecule has 0 rings (SSSR count). The summed E-state index contributed by atoms with van der Waals surface area (Å²) in [5.74, 6) is -1.32. The van der Waals surface area contributed by atoms with Crippen LogP contribution in [0, 0.1) is 0 Å². The van der Waals surface area contributed by atoms with Gasteiger partial charge in [0.2, 0.25) is 5.91 Å². The normalized spacial score (nSPS) is 11.1. The van der Waals surface area contributed by atoms with Crippen molar-refractivity contribution in [1.82, 2.24) is 5.32 Å². The van der Waals surface area contributed by atoms with Gasteiger partial charge in [-0.2, -0.15) is 12.6 Å². The number of hydrogen-bond donors (Lipinski definition) is 3. The van der Waals surface area contributed by atoms with Gasteiger partial charge >= 0.3 is 33.3 Å². The first-order valence-corrected chi connectivity index (χ1v) is 3.32. The monoisotopic (exact) mass is 373 g/mol. The zero-order chi connectivity index (χ0) is 8.15. The molecule has 0 heterocycles. The van der Waals surface area contributed by atoms with Crippen LogP contribution in [-0.4, -0.2) is 56.1 Å². The molecule has 0 fully saturated rings. The van der Waals surface area contributed by atoms with Crippen molar-refractivity contribution in [2.75, 3.05) is 5.75 Å². The predicted molar refractivity (Wildman–Crippen MR) is 47.6 cm³/mol. The van der Waals surface area contributed by atoms with E-state index in [-0.39, 0.29) is 39.0 Å². The first-order valence-electron chi connectivity index (χ1n) is 2.68. The Balaban J connectivity index is 0.